The number of rotatable bonds is 3. The van der Waals surface area contributed by atoms with Gasteiger partial charge in [-0.3, -0.25) is 0 Å². The quantitative estimate of drug-likeness (QED) is 0.722. The van der Waals surface area contributed by atoms with Crippen LogP contribution in [0.1, 0.15) is 0 Å². The summed E-state index contributed by atoms with van der Waals surface area (Å²) in [6, 6.07) is 13.2. The molecular formula is C15H11BrN2O2. The van der Waals surface area contributed by atoms with Crippen LogP contribution in [0.5, 0.6) is 17.4 Å². The number of hydrogen-bond donors (Lipinski definition) is 0. The highest BCUT2D eigenvalue weighted by Gasteiger charge is 2.08. The highest BCUT2D eigenvalue weighted by atomic mass is 79.9. The first kappa shape index (κ1) is 12.9. The molecule has 100 valence electrons. The smallest absolute Gasteiger partial charge is 0.230 e. The second-order valence-corrected chi connectivity index (χ2v) is 4.95. The zero-order valence-corrected chi connectivity index (χ0v) is 12.3. The fraction of sp³-hybridized carbons (Fsp3) is 0.0667. The Balaban J connectivity index is 2.01. The molecule has 0 aliphatic rings. The maximum absolute atomic E-state index is 5.87. The number of fused-ring (bicyclic) bond motifs is 1. The Morgan fingerprint density at radius 2 is 1.90 bits per heavy atom. The van der Waals surface area contributed by atoms with Crippen molar-refractivity contribution in [3.05, 3.63) is 53.3 Å². The van der Waals surface area contributed by atoms with Gasteiger partial charge in [0.15, 0.2) is 0 Å². The van der Waals surface area contributed by atoms with E-state index in [9.17, 15) is 0 Å². The lowest BCUT2D eigenvalue weighted by atomic mass is 10.2. The molecule has 4 nitrogen and oxygen atoms in total. The summed E-state index contributed by atoms with van der Waals surface area (Å²) in [6.45, 7) is 0. The third-order valence-corrected chi connectivity index (χ3v) is 3.47. The maximum atomic E-state index is 5.87. The van der Waals surface area contributed by atoms with Gasteiger partial charge in [0, 0.05) is 0 Å². The van der Waals surface area contributed by atoms with Crippen LogP contribution in [0.4, 0.5) is 0 Å². The number of aromatic nitrogens is 2. The van der Waals surface area contributed by atoms with Crippen LogP contribution in [0, 0.1) is 0 Å². The predicted octanol–water partition coefficient (Wildman–Crippen LogP) is 4.19. The molecule has 0 saturated heterocycles. The Morgan fingerprint density at radius 3 is 2.70 bits per heavy atom. The number of ether oxygens (including phenoxy) is 2. The maximum Gasteiger partial charge on any atom is 0.230 e. The Kier molecular flexibility index (Phi) is 3.52. The lowest BCUT2D eigenvalue weighted by Crippen LogP contribution is -1.92. The average Bonchev–Trinajstić information content (AvgIpc) is 2.49. The van der Waals surface area contributed by atoms with E-state index in [1.807, 2.05) is 42.5 Å². The van der Waals surface area contributed by atoms with E-state index in [4.69, 9.17) is 9.47 Å². The summed E-state index contributed by atoms with van der Waals surface area (Å²) < 4.78 is 11.8. The molecule has 20 heavy (non-hydrogen) atoms. The van der Waals surface area contributed by atoms with Crippen molar-refractivity contribution in [2.24, 2.45) is 0 Å². The van der Waals surface area contributed by atoms with Crippen molar-refractivity contribution in [2.45, 2.75) is 0 Å². The van der Waals surface area contributed by atoms with E-state index < -0.39 is 0 Å². The summed E-state index contributed by atoms with van der Waals surface area (Å²) in [4.78, 5) is 8.41. The van der Waals surface area contributed by atoms with Gasteiger partial charge in [-0.1, -0.05) is 12.1 Å². The monoisotopic (exact) mass is 330 g/mol. The molecule has 3 rings (SSSR count). The molecule has 2 aromatic carbocycles. The second kappa shape index (κ2) is 5.46. The van der Waals surface area contributed by atoms with Gasteiger partial charge < -0.3 is 9.47 Å². The predicted molar refractivity (Wildman–Crippen MR) is 80.3 cm³/mol. The van der Waals surface area contributed by atoms with Crippen LogP contribution in [-0.2, 0) is 0 Å². The number of hydrogen-bond acceptors (Lipinski definition) is 4. The Hall–Kier alpha value is -2.14. The van der Waals surface area contributed by atoms with Gasteiger partial charge in [-0.2, -0.15) is 0 Å². The topological polar surface area (TPSA) is 44.2 Å². The Bertz CT molecular complexity index is 756. The van der Waals surface area contributed by atoms with E-state index >= 15 is 0 Å². The average molecular weight is 331 g/mol. The van der Waals surface area contributed by atoms with Gasteiger partial charge in [0.1, 0.15) is 17.8 Å². The number of methoxy groups -OCH3 is 1. The minimum absolute atomic E-state index is 0.529. The van der Waals surface area contributed by atoms with Crippen LogP contribution in [0.25, 0.3) is 10.9 Å². The summed E-state index contributed by atoms with van der Waals surface area (Å²) in [6.07, 6.45) is 1.50. The second-order valence-electron chi connectivity index (χ2n) is 4.09. The third kappa shape index (κ3) is 2.44. The molecule has 0 unspecified atom stereocenters. The molecule has 1 heterocycles. The first-order chi connectivity index (χ1) is 9.78. The lowest BCUT2D eigenvalue weighted by molar-refractivity contribution is 0.411. The Labute approximate surface area is 124 Å². The van der Waals surface area contributed by atoms with Crippen molar-refractivity contribution in [3.8, 4) is 17.4 Å². The SMILES string of the molecule is COc1ccc(Oc2ncnc3ccccc23)c(Br)c1. The normalized spacial score (nSPS) is 10.5. The van der Waals surface area contributed by atoms with Crippen molar-refractivity contribution >= 4 is 26.8 Å². The molecule has 0 bridgehead atoms. The third-order valence-electron chi connectivity index (χ3n) is 2.85. The molecule has 3 aromatic rings. The van der Waals surface area contributed by atoms with Crippen molar-refractivity contribution in [1.29, 1.82) is 0 Å². The molecule has 0 aliphatic heterocycles. The lowest BCUT2D eigenvalue weighted by Gasteiger charge is -2.09. The number of nitrogens with zero attached hydrogens (tertiary/aromatic N) is 2. The molecule has 0 aliphatic carbocycles. The molecule has 0 spiro atoms. The minimum Gasteiger partial charge on any atom is -0.497 e. The zero-order chi connectivity index (χ0) is 13.9. The largest absolute Gasteiger partial charge is 0.497 e. The fourth-order valence-electron chi connectivity index (χ4n) is 1.86. The number of halogens is 1. The van der Waals surface area contributed by atoms with Gasteiger partial charge in [0.2, 0.25) is 5.88 Å². The van der Waals surface area contributed by atoms with Gasteiger partial charge in [-0.05, 0) is 46.3 Å². The summed E-state index contributed by atoms with van der Waals surface area (Å²) in [5.74, 6) is 1.97. The van der Waals surface area contributed by atoms with E-state index in [2.05, 4.69) is 25.9 Å². The molecule has 0 amide bonds. The van der Waals surface area contributed by atoms with Gasteiger partial charge in [0.05, 0.1) is 22.5 Å². The van der Waals surface area contributed by atoms with Crippen molar-refractivity contribution in [1.82, 2.24) is 9.97 Å². The molecule has 0 fully saturated rings. The van der Waals surface area contributed by atoms with Crippen molar-refractivity contribution in [3.63, 3.8) is 0 Å². The zero-order valence-electron chi connectivity index (χ0n) is 10.7. The van der Waals surface area contributed by atoms with E-state index in [0.717, 1.165) is 21.1 Å². The van der Waals surface area contributed by atoms with Crippen LogP contribution < -0.4 is 9.47 Å². The molecule has 5 heteroatoms. The van der Waals surface area contributed by atoms with E-state index in [1.165, 1.54) is 6.33 Å². The minimum atomic E-state index is 0.529. The molecule has 0 atom stereocenters. The number of para-hydroxylation sites is 1. The van der Waals surface area contributed by atoms with E-state index in [0.29, 0.717) is 11.6 Å². The van der Waals surface area contributed by atoms with Gasteiger partial charge >= 0.3 is 0 Å². The van der Waals surface area contributed by atoms with Crippen LogP contribution >= 0.6 is 15.9 Å². The van der Waals surface area contributed by atoms with Crippen molar-refractivity contribution < 1.29 is 9.47 Å². The molecular weight excluding hydrogens is 320 g/mol. The van der Waals surface area contributed by atoms with Crippen LogP contribution in [0.3, 0.4) is 0 Å². The van der Waals surface area contributed by atoms with Crippen LogP contribution in [0.2, 0.25) is 0 Å². The first-order valence-corrected chi connectivity index (χ1v) is 6.78. The Morgan fingerprint density at radius 1 is 1.05 bits per heavy atom. The standard InChI is InChI=1S/C15H11BrN2O2/c1-19-10-6-7-14(12(16)8-10)20-15-11-4-2-3-5-13(11)17-9-18-15/h2-9H,1H3. The van der Waals surface area contributed by atoms with Crippen LogP contribution in [-0.4, -0.2) is 17.1 Å². The molecule has 1 aromatic heterocycles. The molecule has 0 radical (unpaired) electrons. The van der Waals surface area contributed by atoms with E-state index in [1.54, 1.807) is 7.11 Å². The van der Waals surface area contributed by atoms with Gasteiger partial charge in [0.25, 0.3) is 0 Å². The van der Waals surface area contributed by atoms with Gasteiger partial charge in [-0.25, -0.2) is 9.97 Å². The van der Waals surface area contributed by atoms with E-state index in [-0.39, 0.29) is 0 Å². The molecule has 0 N–H and O–H groups in total. The first-order valence-electron chi connectivity index (χ1n) is 5.99. The number of benzene rings is 2. The molecule has 0 saturated carbocycles. The van der Waals surface area contributed by atoms with Crippen LogP contribution in [0.15, 0.2) is 53.3 Å². The summed E-state index contributed by atoms with van der Waals surface area (Å²) >= 11 is 3.46. The summed E-state index contributed by atoms with van der Waals surface area (Å²) in [5, 5.41) is 0.873. The highest BCUT2D eigenvalue weighted by Crippen LogP contribution is 2.34. The summed E-state index contributed by atoms with van der Waals surface area (Å²) in [7, 11) is 1.63. The fourth-order valence-corrected chi connectivity index (χ4v) is 2.30. The van der Waals surface area contributed by atoms with Crippen molar-refractivity contribution in [2.75, 3.05) is 7.11 Å². The highest BCUT2D eigenvalue weighted by molar-refractivity contribution is 9.10. The summed E-state index contributed by atoms with van der Waals surface area (Å²) in [5.41, 5.74) is 0.849. The van der Waals surface area contributed by atoms with Gasteiger partial charge in [-0.15, -0.1) is 0 Å².